The van der Waals surface area contributed by atoms with Crippen molar-refractivity contribution in [2.24, 2.45) is 0 Å². The number of carboxylic acid groups (broad SMARTS) is 2. The topological polar surface area (TPSA) is 173 Å². The molecule has 0 aliphatic carbocycles. The molecular formula is C2H9NO6Ti. The van der Waals surface area contributed by atoms with Crippen LogP contribution < -0.4 is 6.15 Å². The summed E-state index contributed by atoms with van der Waals surface area (Å²) in [4.78, 5) is 18.2. The Balaban J connectivity index is -0.0000000222. The third-order valence-electron chi connectivity index (χ3n) is 0.183. The molecule has 0 bridgehead atoms. The summed E-state index contributed by atoms with van der Waals surface area (Å²) in [6, 6.07) is 0. The summed E-state index contributed by atoms with van der Waals surface area (Å²) in [5.41, 5.74) is 6.25. The molecule has 10 heavy (non-hydrogen) atoms. The number of hydrogen-bond acceptors (Lipinski definition) is 3. The van der Waals surface area contributed by atoms with Crippen LogP contribution >= 0.6 is 0 Å². The minimum atomic E-state index is -1.82. The molecule has 0 atom stereocenters. The molecule has 0 aromatic rings. The predicted molar refractivity (Wildman–Crippen MR) is 27.5 cm³/mol. The second kappa shape index (κ2) is 15.8. The first-order valence-electron chi connectivity index (χ1n) is 1.55. The standard InChI is InChI=1S/C2H2O4.H3N.2H2O.Ti/c3-1(4)2(5)6;;;;/h(H,3,4)(H,5,6);1H3;2*1H2;/i/hD. The van der Waals surface area contributed by atoms with Gasteiger partial charge in [-0.2, -0.15) is 0 Å². The fourth-order valence-electron chi connectivity index (χ4n) is 0. The van der Waals surface area contributed by atoms with Crippen LogP contribution in [0.3, 0.4) is 0 Å². The summed E-state index contributed by atoms with van der Waals surface area (Å²) in [6.07, 6.45) is 0. The van der Waals surface area contributed by atoms with Gasteiger partial charge >= 0.3 is 11.9 Å². The molecule has 0 saturated heterocycles. The summed E-state index contributed by atoms with van der Waals surface area (Å²) < 4.78 is 4.75. The zero-order valence-corrected chi connectivity index (χ0v) is 6.43. The number of carbonyl (C=O) groups is 2. The first kappa shape index (κ1) is 22.7. The molecule has 62 valence electrons. The molecule has 0 aliphatic rings. The third-order valence-corrected chi connectivity index (χ3v) is 0.183. The van der Waals surface area contributed by atoms with Crippen LogP contribution in [0.5, 0.6) is 0 Å². The smallest absolute Gasteiger partial charge is 0.414 e. The van der Waals surface area contributed by atoms with Crippen LogP contribution in [-0.4, -0.2) is 33.1 Å². The molecule has 7 nitrogen and oxygen atoms in total. The van der Waals surface area contributed by atoms with Crippen LogP contribution in [0.4, 0.5) is 0 Å². The SMILES string of the molecule is N.O.O=C(O)C(=O)O.[2H]O.[Ti]. The summed E-state index contributed by atoms with van der Waals surface area (Å²) in [5.74, 6) is -3.65. The average Bonchev–Trinajstić information content (AvgIpc) is 1.72. The molecule has 0 spiro atoms. The van der Waals surface area contributed by atoms with Crippen molar-refractivity contribution in [2.45, 2.75) is 0 Å². The van der Waals surface area contributed by atoms with Gasteiger partial charge in [-0.1, -0.05) is 0 Å². The van der Waals surface area contributed by atoms with Gasteiger partial charge in [-0.25, -0.2) is 9.59 Å². The van der Waals surface area contributed by atoms with Crippen molar-refractivity contribution in [3.8, 4) is 0 Å². The number of carboxylic acids is 2. The Morgan fingerprint density at radius 1 is 1.10 bits per heavy atom. The molecule has 0 radical (unpaired) electrons. The zero-order valence-electron chi connectivity index (χ0n) is 5.87. The summed E-state index contributed by atoms with van der Waals surface area (Å²) in [7, 11) is 0. The van der Waals surface area contributed by atoms with E-state index in [1.165, 1.54) is 0 Å². The van der Waals surface area contributed by atoms with Crippen molar-refractivity contribution in [2.75, 3.05) is 0 Å². The molecule has 0 unspecified atom stereocenters. The summed E-state index contributed by atoms with van der Waals surface area (Å²) in [6.45, 7) is 0. The Labute approximate surface area is 72.6 Å². The van der Waals surface area contributed by atoms with E-state index in [1.54, 1.807) is 0 Å². The van der Waals surface area contributed by atoms with Gasteiger partial charge in [0.1, 0.15) is 0 Å². The predicted octanol–water partition coefficient (Wildman–Crippen LogP) is -2.33. The van der Waals surface area contributed by atoms with Crippen LogP contribution in [0.25, 0.3) is 0 Å². The van der Waals surface area contributed by atoms with Gasteiger partial charge in [0.2, 0.25) is 1.43 Å². The molecule has 8 heteroatoms. The second-order valence-electron chi connectivity index (χ2n) is 0.610. The van der Waals surface area contributed by atoms with Crippen molar-refractivity contribution in [3.05, 3.63) is 0 Å². The van der Waals surface area contributed by atoms with Gasteiger partial charge in [0.15, 0.2) is 0 Å². The largest absolute Gasteiger partial charge is 0.473 e. The Morgan fingerprint density at radius 2 is 1.20 bits per heavy atom. The van der Waals surface area contributed by atoms with E-state index in [0.717, 1.165) is 0 Å². The van der Waals surface area contributed by atoms with Crippen molar-refractivity contribution < 1.29 is 53.9 Å². The third kappa shape index (κ3) is 25.8. The van der Waals surface area contributed by atoms with Crippen LogP contribution in [0, 0.1) is 0 Å². The van der Waals surface area contributed by atoms with E-state index in [2.05, 4.69) is 0 Å². The first-order chi connectivity index (χ1) is 3.64. The van der Waals surface area contributed by atoms with Gasteiger partial charge in [0.25, 0.3) is 0 Å². The molecule has 0 aliphatic heterocycles. The molecule has 0 aromatic carbocycles. The Hall–Kier alpha value is -0.466. The molecule has 0 amide bonds. The van der Waals surface area contributed by atoms with E-state index >= 15 is 0 Å². The average molecular weight is 192 g/mol. The number of rotatable bonds is 0. The van der Waals surface area contributed by atoms with Gasteiger partial charge in [0.05, 0.1) is 0 Å². The maximum atomic E-state index is 9.10. The maximum Gasteiger partial charge on any atom is 0.414 e. The summed E-state index contributed by atoms with van der Waals surface area (Å²) >= 11 is 0. The van der Waals surface area contributed by atoms with Crippen molar-refractivity contribution >= 4 is 11.9 Å². The van der Waals surface area contributed by atoms with Crippen LogP contribution in [0.1, 0.15) is 1.43 Å². The van der Waals surface area contributed by atoms with E-state index in [1.807, 2.05) is 0 Å². The van der Waals surface area contributed by atoms with Crippen LogP contribution in [0.2, 0.25) is 0 Å². The minimum Gasteiger partial charge on any atom is -0.473 e. The van der Waals surface area contributed by atoms with Crippen LogP contribution in [-0.2, 0) is 31.3 Å². The molecule has 0 aromatic heterocycles. The quantitative estimate of drug-likeness (QED) is 0.287. The van der Waals surface area contributed by atoms with Crippen LogP contribution in [0.15, 0.2) is 0 Å². The first-order valence-corrected chi connectivity index (χ1v) is 1.11. The summed E-state index contributed by atoms with van der Waals surface area (Å²) in [5, 5.41) is 14.8. The molecule has 9 N–H and O–H groups in total. The Kier molecular flexibility index (Phi) is 35.9. The van der Waals surface area contributed by atoms with E-state index in [0.29, 0.717) is 0 Å². The van der Waals surface area contributed by atoms with E-state index in [4.69, 9.17) is 26.7 Å². The fourth-order valence-corrected chi connectivity index (χ4v) is 0. The maximum absolute atomic E-state index is 9.10. The number of aliphatic carboxylic acids is 2. The van der Waals surface area contributed by atoms with E-state index in [9.17, 15) is 0 Å². The normalized spacial score (nSPS) is 5.10. The molecule has 0 rings (SSSR count). The van der Waals surface area contributed by atoms with Gasteiger partial charge in [0, 0.05) is 21.7 Å². The number of hydrogen-bond donors (Lipinski definition) is 3. The van der Waals surface area contributed by atoms with Gasteiger partial charge in [-0.05, 0) is 0 Å². The van der Waals surface area contributed by atoms with Crippen molar-refractivity contribution in [1.29, 1.82) is 0 Å². The monoisotopic (exact) mass is 192 g/mol. The van der Waals surface area contributed by atoms with E-state index in [-0.39, 0.29) is 33.3 Å². The van der Waals surface area contributed by atoms with Gasteiger partial charge in [-0.15, -0.1) is 0 Å². The van der Waals surface area contributed by atoms with Gasteiger partial charge in [-0.3, -0.25) is 0 Å². The molecular weight excluding hydrogens is 182 g/mol. The van der Waals surface area contributed by atoms with Gasteiger partial charge < -0.3 is 27.3 Å². The van der Waals surface area contributed by atoms with Crippen molar-refractivity contribution in [1.82, 2.24) is 6.15 Å². The molecule has 0 heterocycles. The Morgan fingerprint density at radius 3 is 1.20 bits per heavy atom. The zero-order chi connectivity index (χ0) is 7.15. The van der Waals surface area contributed by atoms with E-state index < -0.39 is 11.9 Å². The fraction of sp³-hybridized carbons (Fsp3) is 0. The molecule has 0 saturated carbocycles. The minimum absolute atomic E-state index is 0. The van der Waals surface area contributed by atoms with Crippen molar-refractivity contribution in [3.63, 3.8) is 0 Å². The molecule has 0 fully saturated rings. The Bertz CT molecular complexity index is 86.6. The second-order valence-corrected chi connectivity index (χ2v) is 0.610.